The second-order valence-electron chi connectivity index (χ2n) is 7.17. The zero-order valence-corrected chi connectivity index (χ0v) is 18.2. The van der Waals surface area contributed by atoms with Gasteiger partial charge in [-0.1, -0.05) is 20.3 Å². The third kappa shape index (κ3) is 6.17. The van der Waals surface area contributed by atoms with Crippen LogP contribution in [0.3, 0.4) is 0 Å². The first kappa shape index (κ1) is 26.0. The zero-order valence-electron chi connectivity index (χ0n) is 17.3. The highest BCUT2D eigenvalue weighted by molar-refractivity contribution is 7.46. The number of fused-ring (bicyclic) bond motifs is 1. The molecule has 6 atom stereocenters. The van der Waals surface area contributed by atoms with Gasteiger partial charge in [-0.3, -0.25) is 13.9 Å². The number of carboxylic acids is 1. The van der Waals surface area contributed by atoms with Crippen molar-refractivity contribution in [3.63, 3.8) is 0 Å². The molecule has 1 aliphatic rings. The van der Waals surface area contributed by atoms with E-state index in [1.54, 1.807) is 0 Å². The maximum atomic E-state index is 10.7. The number of nitrogens with zero attached hydrogens (tertiary/aromatic N) is 4. The van der Waals surface area contributed by atoms with Crippen LogP contribution in [-0.4, -0.2) is 81.6 Å². The van der Waals surface area contributed by atoms with Gasteiger partial charge in [-0.15, -0.1) is 0 Å². The van der Waals surface area contributed by atoms with Gasteiger partial charge in [0.2, 0.25) is 0 Å². The van der Waals surface area contributed by atoms with Gasteiger partial charge in [0.1, 0.15) is 36.2 Å². The quantitative estimate of drug-likeness (QED) is 0.226. The van der Waals surface area contributed by atoms with E-state index < -0.39 is 51.0 Å². The predicted octanol–water partition coefficient (Wildman–Crippen LogP) is -1.42. The number of phosphoric ester groups is 1. The lowest BCUT2D eigenvalue weighted by atomic mass is 10.0. The van der Waals surface area contributed by atoms with Gasteiger partial charge in [-0.25, -0.2) is 19.5 Å². The van der Waals surface area contributed by atoms with Crippen molar-refractivity contribution in [1.82, 2.24) is 19.5 Å². The number of nitrogens with two attached hydrogens (primary N) is 2. The smallest absolute Gasteiger partial charge is 0.469 e. The number of imidazole rings is 1. The van der Waals surface area contributed by atoms with Crippen LogP contribution in [0.4, 0.5) is 5.82 Å². The summed E-state index contributed by atoms with van der Waals surface area (Å²) >= 11 is 0. The third-order valence-electron chi connectivity index (χ3n) is 4.95. The minimum atomic E-state index is -4.72. The van der Waals surface area contributed by atoms with Gasteiger partial charge in [-0.2, -0.15) is 0 Å². The van der Waals surface area contributed by atoms with E-state index in [4.69, 9.17) is 31.1 Å². The molecule has 0 unspecified atom stereocenters. The van der Waals surface area contributed by atoms with Crippen molar-refractivity contribution in [3.05, 3.63) is 12.7 Å². The molecule has 2 aromatic rings. The number of aliphatic carboxylic acids is 1. The highest BCUT2D eigenvalue weighted by Crippen LogP contribution is 2.38. The van der Waals surface area contributed by atoms with Crippen LogP contribution in [0.1, 0.15) is 26.5 Å². The normalized spacial score (nSPS) is 25.2. The van der Waals surface area contributed by atoms with Crippen molar-refractivity contribution in [2.24, 2.45) is 11.7 Å². The molecule has 180 valence electrons. The maximum Gasteiger partial charge on any atom is 0.469 e. The Bertz CT molecular complexity index is 969. The molecule has 0 aromatic carbocycles. The fourth-order valence-corrected chi connectivity index (χ4v) is 3.16. The van der Waals surface area contributed by atoms with E-state index in [1.807, 2.05) is 13.8 Å². The third-order valence-corrected chi connectivity index (χ3v) is 5.43. The summed E-state index contributed by atoms with van der Waals surface area (Å²) in [4.78, 5) is 39.4. The first-order chi connectivity index (χ1) is 14.9. The Morgan fingerprint density at radius 2 is 1.97 bits per heavy atom. The van der Waals surface area contributed by atoms with E-state index >= 15 is 0 Å². The molecule has 3 heterocycles. The Labute approximate surface area is 182 Å². The monoisotopic (exact) mass is 478 g/mol. The van der Waals surface area contributed by atoms with E-state index in [0.29, 0.717) is 5.52 Å². The van der Waals surface area contributed by atoms with Gasteiger partial charge >= 0.3 is 13.8 Å². The fourth-order valence-electron chi connectivity index (χ4n) is 2.82. The number of anilines is 1. The van der Waals surface area contributed by atoms with E-state index in [2.05, 4.69) is 19.5 Å². The molecule has 15 nitrogen and oxygen atoms in total. The Hall–Kier alpha value is -2.23. The predicted molar refractivity (Wildman–Crippen MR) is 109 cm³/mol. The molecule has 2 aromatic heterocycles. The number of aliphatic hydroxyl groups excluding tert-OH is 2. The molecule has 9 N–H and O–H groups in total. The molecule has 3 rings (SSSR count). The number of aromatic nitrogens is 4. The number of nitrogen functional groups attached to an aromatic ring is 1. The van der Waals surface area contributed by atoms with Gasteiger partial charge in [0, 0.05) is 0 Å². The number of ether oxygens (including phenoxy) is 1. The highest BCUT2D eigenvalue weighted by Gasteiger charge is 2.45. The molecule has 0 aliphatic carbocycles. The van der Waals surface area contributed by atoms with Crippen LogP contribution >= 0.6 is 7.82 Å². The summed E-state index contributed by atoms with van der Waals surface area (Å²) in [5.74, 6) is -0.699. The lowest BCUT2D eigenvalue weighted by molar-refractivity contribution is -0.139. The number of hydrogen-bond donors (Lipinski definition) is 7. The summed E-state index contributed by atoms with van der Waals surface area (Å²) in [5.41, 5.74) is 11.5. The molecule has 0 saturated carbocycles. The summed E-state index contributed by atoms with van der Waals surface area (Å²) in [7, 11) is -4.72. The molecule has 0 bridgehead atoms. The molecule has 0 radical (unpaired) electrons. The number of aliphatic hydroxyl groups is 2. The van der Waals surface area contributed by atoms with E-state index in [-0.39, 0.29) is 17.4 Å². The number of phosphoric acid groups is 1. The second kappa shape index (κ2) is 10.6. The Kier molecular flexibility index (Phi) is 8.61. The Morgan fingerprint density at radius 3 is 2.50 bits per heavy atom. The summed E-state index contributed by atoms with van der Waals surface area (Å²) in [5, 5.41) is 28.4. The summed E-state index contributed by atoms with van der Waals surface area (Å²) in [6.45, 7) is 3.16. The van der Waals surface area contributed by atoms with Crippen molar-refractivity contribution in [2.75, 3.05) is 12.3 Å². The van der Waals surface area contributed by atoms with Crippen molar-refractivity contribution in [2.45, 2.75) is 50.8 Å². The van der Waals surface area contributed by atoms with Gasteiger partial charge in [0.15, 0.2) is 17.7 Å². The lowest BCUT2D eigenvalue weighted by Gasteiger charge is -2.16. The summed E-state index contributed by atoms with van der Waals surface area (Å²) < 4.78 is 21.8. The van der Waals surface area contributed by atoms with E-state index in [1.165, 1.54) is 17.2 Å². The molecule has 1 saturated heterocycles. The molecule has 16 heteroatoms. The number of carbonyl (C=O) groups is 1. The second-order valence-corrected chi connectivity index (χ2v) is 8.40. The first-order valence-electron chi connectivity index (χ1n) is 9.50. The molecule has 1 aliphatic heterocycles. The van der Waals surface area contributed by atoms with Crippen LogP contribution in [0.2, 0.25) is 0 Å². The van der Waals surface area contributed by atoms with Crippen molar-refractivity contribution in [1.29, 1.82) is 0 Å². The molecule has 0 amide bonds. The summed E-state index contributed by atoms with van der Waals surface area (Å²) in [6.07, 6.45) is -1.68. The van der Waals surface area contributed by atoms with Crippen molar-refractivity contribution >= 4 is 30.8 Å². The largest absolute Gasteiger partial charge is 0.480 e. The maximum absolute atomic E-state index is 10.7. The topological polar surface area (TPSA) is 249 Å². The molecular formula is C16H27N6O9P. The Balaban J connectivity index is 0.000000344. The average Bonchev–Trinajstić information content (AvgIpc) is 3.27. The van der Waals surface area contributed by atoms with Crippen LogP contribution in [-0.2, 0) is 18.6 Å². The van der Waals surface area contributed by atoms with Gasteiger partial charge in [-0.05, 0) is 5.92 Å². The van der Waals surface area contributed by atoms with Crippen molar-refractivity contribution < 1.29 is 43.7 Å². The number of carboxylic acid groups (broad SMARTS) is 1. The van der Waals surface area contributed by atoms with Crippen LogP contribution in [0.5, 0.6) is 0 Å². The number of rotatable bonds is 7. The lowest BCUT2D eigenvalue weighted by Crippen LogP contribution is -2.36. The molecule has 32 heavy (non-hydrogen) atoms. The molecule has 0 spiro atoms. The first-order valence-corrected chi connectivity index (χ1v) is 11.0. The average molecular weight is 478 g/mol. The van der Waals surface area contributed by atoms with Gasteiger partial charge in [0.05, 0.1) is 12.9 Å². The summed E-state index contributed by atoms with van der Waals surface area (Å²) in [6, 6.07) is -0.699. The zero-order chi connectivity index (χ0) is 24.2. The van der Waals surface area contributed by atoms with Crippen LogP contribution in [0.15, 0.2) is 12.7 Å². The minimum Gasteiger partial charge on any atom is -0.480 e. The SMILES string of the molecule is CC[C@H](C)[C@H](N)C(=O)O.Nc1ncnc2c1ncn2[C@@H]1O[C@H](COP(=O)(O)O)[C@@H](O)[C@H]1O. The van der Waals surface area contributed by atoms with Gasteiger partial charge < -0.3 is 41.3 Å². The van der Waals surface area contributed by atoms with E-state index in [0.717, 1.165) is 6.42 Å². The fraction of sp³-hybridized carbons (Fsp3) is 0.625. The van der Waals surface area contributed by atoms with Gasteiger partial charge in [0.25, 0.3) is 0 Å². The molecule has 1 fully saturated rings. The standard InChI is InChI=1S/C10H14N5O7P.C6H13NO2/c11-8-5-9(13-2-12-8)15(3-14-5)10-7(17)6(16)4(22-10)1-21-23(18,19)20;1-3-4(2)5(7)6(8)9/h2-4,6-7,10,16-17H,1H2,(H2,11,12,13)(H2,18,19,20);4-5H,3,7H2,1-2H3,(H,8,9)/t4-,6-,7-,10-;4-,5-/m10/s1. The molecular weight excluding hydrogens is 451 g/mol. The number of hydrogen-bond acceptors (Lipinski definition) is 11. The van der Waals surface area contributed by atoms with Crippen molar-refractivity contribution in [3.8, 4) is 0 Å². The van der Waals surface area contributed by atoms with Crippen LogP contribution in [0.25, 0.3) is 11.2 Å². The Morgan fingerprint density at radius 1 is 1.31 bits per heavy atom. The minimum absolute atomic E-state index is 0.0718. The van der Waals surface area contributed by atoms with E-state index in [9.17, 15) is 19.6 Å². The highest BCUT2D eigenvalue weighted by atomic mass is 31.2. The van der Waals surface area contributed by atoms with Crippen LogP contribution < -0.4 is 11.5 Å². The van der Waals surface area contributed by atoms with Crippen LogP contribution in [0, 0.1) is 5.92 Å².